The van der Waals surface area contributed by atoms with Crippen LogP contribution in [-0.4, -0.2) is 0 Å². The Labute approximate surface area is 214 Å². The third-order valence-electron chi connectivity index (χ3n) is 6.65. The van der Waals surface area contributed by atoms with Crippen molar-refractivity contribution >= 4 is 21.5 Å². The van der Waals surface area contributed by atoms with Crippen LogP contribution >= 0.6 is 0 Å². The smallest absolute Gasteiger partial charge is 0.146 e. The van der Waals surface area contributed by atoms with Crippen LogP contribution in [0.3, 0.4) is 0 Å². The Balaban J connectivity index is 0.000000119. The minimum Gasteiger partial charge on any atom is -0.146 e. The molecule has 4 aromatic carbocycles. The number of rotatable bonds is 0. The second kappa shape index (κ2) is 12.0. The summed E-state index contributed by atoms with van der Waals surface area (Å²) < 4.78 is 0. The van der Waals surface area contributed by atoms with E-state index in [-0.39, 0.29) is 21.1 Å². The van der Waals surface area contributed by atoms with Crippen molar-refractivity contribution in [2.45, 2.75) is 51.4 Å². The summed E-state index contributed by atoms with van der Waals surface area (Å²) in [5.74, 6) is 0. The van der Waals surface area contributed by atoms with Gasteiger partial charge in [-0.1, -0.05) is 23.3 Å². The summed E-state index contributed by atoms with van der Waals surface area (Å²) in [5, 5.41) is 5.48. The molecule has 4 aromatic rings. The van der Waals surface area contributed by atoms with E-state index in [1.165, 1.54) is 95.2 Å². The Morgan fingerprint density at radius 1 is 0.455 bits per heavy atom. The van der Waals surface area contributed by atoms with Crippen molar-refractivity contribution in [3.8, 4) is 0 Å². The second-order valence-electron chi connectivity index (χ2n) is 8.78. The van der Waals surface area contributed by atoms with Crippen LogP contribution in [0.25, 0.3) is 21.5 Å². The average Bonchev–Trinajstić information content (AvgIpc) is 3.42. The number of hydrogen-bond donors (Lipinski definition) is 0. The summed E-state index contributed by atoms with van der Waals surface area (Å²) in [6.07, 6.45) is 18.9. The summed E-state index contributed by atoms with van der Waals surface area (Å²) in [5.41, 5.74) is 6.00. The molecule has 4 radical (unpaired) electrons. The van der Waals surface area contributed by atoms with E-state index >= 15 is 0 Å². The molecule has 1 heteroatoms. The van der Waals surface area contributed by atoms with Crippen molar-refractivity contribution in [2.24, 2.45) is 0 Å². The van der Waals surface area contributed by atoms with Crippen molar-refractivity contribution < 1.29 is 21.1 Å². The van der Waals surface area contributed by atoms with Gasteiger partial charge in [0.15, 0.2) is 0 Å². The first-order valence-electron chi connectivity index (χ1n) is 12.0. The minimum atomic E-state index is 0. The standard InChI is InChI=1S/2C12H9.C8H12.Pt/c2*1-3-9-4-2-6-11-8-7-10(5-1)12(9)11;1-2-4-6-8-7-5-3-1;/h2*1-3,5-6H,7-8H2;1-2,7-8H,3-6H2;/q2*-1;;+2. The molecule has 0 bridgehead atoms. The molecule has 7 rings (SSSR count). The topological polar surface area (TPSA) is 0 Å². The van der Waals surface area contributed by atoms with E-state index in [0.717, 1.165) is 0 Å². The zero-order valence-electron chi connectivity index (χ0n) is 19.1. The van der Waals surface area contributed by atoms with Crippen LogP contribution < -0.4 is 0 Å². The fraction of sp³-hybridized carbons (Fsp3) is 0.250. The van der Waals surface area contributed by atoms with Gasteiger partial charge in [0, 0.05) is 0 Å². The van der Waals surface area contributed by atoms with E-state index in [0.29, 0.717) is 0 Å². The summed E-state index contributed by atoms with van der Waals surface area (Å²) in [4.78, 5) is 0. The van der Waals surface area contributed by atoms with E-state index in [9.17, 15) is 0 Å². The number of benzene rings is 4. The van der Waals surface area contributed by atoms with E-state index < -0.39 is 0 Å². The van der Waals surface area contributed by atoms with Gasteiger partial charge in [0.05, 0.1) is 0 Å². The molecule has 0 N–H and O–H groups in total. The van der Waals surface area contributed by atoms with Crippen LogP contribution in [0.15, 0.2) is 60.7 Å². The van der Waals surface area contributed by atoms with Crippen molar-refractivity contribution in [1.29, 1.82) is 0 Å². The van der Waals surface area contributed by atoms with Crippen LogP contribution in [0.2, 0.25) is 0 Å². The number of hydrogen-bond acceptors (Lipinski definition) is 0. The van der Waals surface area contributed by atoms with Gasteiger partial charge in [-0.3, -0.25) is 0 Å². The van der Waals surface area contributed by atoms with Crippen LogP contribution in [-0.2, 0) is 46.7 Å². The Kier molecular flexibility index (Phi) is 8.80. The summed E-state index contributed by atoms with van der Waals surface area (Å²) in [6.45, 7) is 0. The Hall–Kier alpha value is -1.91. The van der Waals surface area contributed by atoms with Crippen molar-refractivity contribution in [3.63, 3.8) is 0 Å². The minimum absolute atomic E-state index is 0. The van der Waals surface area contributed by atoms with Gasteiger partial charge in [0.25, 0.3) is 0 Å². The molecule has 1 fully saturated rings. The molecule has 0 aliphatic heterocycles. The average molecular weight is 610 g/mol. The fourth-order valence-electron chi connectivity index (χ4n) is 5.06. The van der Waals surface area contributed by atoms with Crippen LogP contribution in [0, 0.1) is 37.8 Å². The zero-order valence-corrected chi connectivity index (χ0v) is 21.3. The Morgan fingerprint density at radius 2 is 0.818 bits per heavy atom. The molecule has 1 saturated carbocycles. The van der Waals surface area contributed by atoms with E-state index in [1.54, 1.807) is 0 Å². The van der Waals surface area contributed by atoms with E-state index in [1.807, 2.05) is 12.1 Å². The molecule has 0 unspecified atom stereocenters. The van der Waals surface area contributed by atoms with Gasteiger partial charge >= 0.3 is 21.1 Å². The predicted octanol–water partition coefficient (Wildman–Crippen LogP) is 7.85. The summed E-state index contributed by atoms with van der Waals surface area (Å²) >= 11 is 0. The SMILES string of the molecule is [CH]1[CH]CC[CH][CH]CC1.[Pt+2].[c-]1ccc2c3c(cccc13)CC2.[c-]1ccc2c3c(cccc13)CC2. The molecule has 0 heterocycles. The molecule has 33 heavy (non-hydrogen) atoms. The largest absolute Gasteiger partial charge is 2.00 e. The van der Waals surface area contributed by atoms with Crippen molar-refractivity contribution in [1.82, 2.24) is 0 Å². The molecule has 0 amide bonds. The maximum atomic E-state index is 3.27. The van der Waals surface area contributed by atoms with Crippen molar-refractivity contribution in [2.75, 3.05) is 0 Å². The quantitative estimate of drug-likeness (QED) is 0.178. The molecule has 0 atom stereocenters. The molecule has 3 aliphatic rings. The van der Waals surface area contributed by atoms with E-state index in [4.69, 9.17) is 0 Å². The molecule has 0 spiro atoms. The fourth-order valence-corrected chi connectivity index (χ4v) is 5.06. The first-order valence-corrected chi connectivity index (χ1v) is 12.0. The van der Waals surface area contributed by atoms with Gasteiger partial charge in [-0.2, -0.15) is 0 Å². The van der Waals surface area contributed by atoms with Gasteiger partial charge in [-0.05, 0) is 77.0 Å². The first kappa shape index (κ1) is 24.2. The maximum Gasteiger partial charge on any atom is 2.00 e. The summed E-state index contributed by atoms with van der Waals surface area (Å²) in [7, 11) is 0. The maximum absolute atomic E-state index is 3.27. The molecule has 168 valence electrons. The third kappa shape index (κ3) is 5.78. The van der Waals surface area contributed by atoms with Gasteiger partial charge < -0.3 is 0 Å². The Morgan fingerprint density at radius 3 is 1.21 bits per heavy atom. The molecule has 0 saturated heterocycles. The van der Waals surface area contributed by atoms with E-state index in [2.05, 4.69) is 86.3 Å². The third-order valence-corrected chi connectivity index (χ3v) is 6.65. The summed E-state index contributed by atoms with van der Waals surface area (Å²) in [6, 6.07) is 28.0. The molecule has 0 aromatic heterocycles. The van der Waals surface area contributed by atoms with Crippen molar-refractivity contribution in [3.05, 3.63) is 121 Å². The zero-order chi connectivity index (χ0) is 21.6. The first-order chi connectivity index (χ1) is 15.9. The monoisotopic (exact) mass is 609 g/mol. The molecule has 0 nitrogen and oxygen atoms in total. The van der Waals surface area contributed by atoms with Gasteiger partial charge in [-0.25, -0.2) is 0 Å². The van der Waals surface area contributed by atoms with Gasteiger partial charge in [0.2, 0.25) is 0 Å². The second-order valence-corrected chi connectivity index (χ2v) is 8.78. The van der Waals surface area contributed by atoms with Gasteiger partial charge in [-0.15, -0.1) is 93.3 Å². The van der Waals surface area contributed by atoms with Gasteiger partial charge in [0.1, 0.15) is 0 Å². The predicted molar refractivity (Wildman–Crippen MR) is 136 cm³/mol. The Bertz CT molecular complexity index is 1000. The van der Waals surface area contributed by atoms with Crippen LogP contribution in [0.1, 0.15) is 47.9 Å². The molecular formula is C32H30Pt. The normalized spacial score (nSPS) is 16.0. The molecular weight excluding hydrogens is 579 g/mol. The van der Waals surface area contributed by atoms with Crippen LogP contribution in [0.5, 0.6) is 0 Å². The van der Waals surface area contributed by atoms with Crippen LogP contribution in [0.4, 0.5) is 0 Å². The molecule has 3 aliphatic carbocycles. The number of aryl methyl sites for hydroxylation is 4.